The molecule has 1 fully saturated rings. The lowest BCUT2D eigenvalue weighted by Gasteiger charge is -2.33. The SMILES string of the molecule is CN(C)CC1CCN(C(=O)c2cc(S)cs2)CC1. The van der Waals surface area contributed by atoms with Crippen LogP contribution >= 0.6 is 24.0 Å². The molecule has 0 spiro atoms. The monoisotopic (exact) mass is 284 g/mol. The normalized spacial score (nSPS) is 17.4. The van der Waals surface area contributed by atoms with Gasteiger partial charge in [-0.2, -0.15) is 0 Å². The first-order valence-corrected chi connectivity index (χ1v) is 7.60. The van der Waals surface area contributed by atoms with Crippen molar-refractivity contribution >= 4 is 29.9 Å². The molecule has 3 nitrogen and oxygen atoms in total. The van der Waals surface area contributed by atoms with E-state index in [1.165, 1.54) is 11.3 Å². The number of hydrogen-bond donors (Lipinski definition) is 1. The number of likely N-dealkylation sites (tertiary alicyclic amines) is 1. The average Bonchev–Trinajstić information content (AvgIpc) is 2.75. The van der Waals surface area contributed by atoms with E-state index in [1.54, 1.807) is 0 Å². The summed E-state index contributed by atoms with van der Waals surface area (Å²) >= 11 is 5.74. The molecule has 0 saturated carbocycles. The van der Waals surface area contributed by atoms with Gasteiger partial charge in [0.1, 0.15) is 0 Å². The summed E-state index contributed by atoms with van der Waals surface area (Å²) in [5, 5.41) is 1.91. The number of carbonyl (C=O) groups is 1. The van der Waals surface area contributed by atoms with E-state index < -0.39 is 0 Å². The van der Waals surface area contributed by atoms with E-state index in [-0.39, 0.29) is 5.91 Å². The minimum atomic E-state index is 0.170. The second kappa shape index (κ2) is 6.08. The van der Waals surface area contributed by atoms with Crippen LogP contribution in [0.3, 0.4) is 0 Å². The van der Waals surface area contributed by atoms with Gasteiger partial charge in [0.25, 0.3) is 5.91 Å². The van der Waals surface area contributed by atoms with E-state index in [1.807, 2.05) is 16.3 Å². The van der Waals surface area contributed by atoms with Crippen LogP contribution in [0.4, 0.5) is 0 Å². The third-order valence-corrected chi connectivity index (χ3v) is 4.67. The molecule has 0 radical (unpaired) electrons. The molecule has 0 aromatic carbocycles. The number of nitrogens with zero attached hydrogens (tertiary/aromatic N) is 2. The minimum Gasteiger partial charge on any atom is -0.338 e. The Kier molecular flexibility index (Phi) is 4.70. The van der Waals surface area contributed by atoms with Crippen LogP contribution in [0.1, 0.15) is 22.5 Å². The van der Waals surface area contributed by atoms with Gasteiger partial charge in [0.2, 0.25) is 0 Å². The lowest BCUT2D eigenvalue weighted by molar-refractivity contribution is 0.0683. The van der Waals surface area contributed by atoms with Crippen molar-refractivity contribution in [2.45, 2.75) is 17.7 Å². The van der Waals surface area contributed by atoms with Crippen LogP contribution in [0, 0.1) is 5.92 Å². The minimum absolute atomic E-state index is 0.170. The highest BCUT2D eigenvalue weighted by Gasteiger charge is 2.24. The van der Waals surface area contributed by atoms with Crippen molar-refractivity contribution in [2.75, 3.05) is 33.7 Å². The number of amides is 1. The van der Waals surface area contributed by atoms with Crippen LogP contribution in [0.5, 0.6) is 0 Å². The second-order valence-electron chi connectivity index (χ2n) is 5.17. The summed E-state index contributed by atoms with van der Waals surface area (Å²) in [7, 11) is 4.22. The first-order chi connectivity index (χ1) is 8.56. The number of piperidine rings is 1. The van der Waals surface area contributed by atoms with Gasteiger partial charge in [-0.1, -0.05) is 0 Å². The smallest absolute Gasteiger partial charge is 0.263 e. The Hall–Kier alpha value is -0.520. The molecule has 2 heterocycles. The van der Waals surface area contributed by atoms with Crippen molar-refractivity contribution in [2.24, 2.45) is 5.92 Å². The van der Waals surface area contributed by atoms with Crippen LogP contribution in [0.15, 0.2) is 16.3 Å². The third-order valence-electron chi connectivity index (χ3n) is 3.32. The molecule has 0 unspecified atom stereocenters. The highest BCUT2D eigenvalue weighted by atomic mass is 32.1. The zero-order valence-corrected chi connectivity index (χ0v) is 12.6. The van der Waals surface area contributed by atoms with Crippen molar-refractivity contribution in [1.29, 1.82) is 0 Å². The molecule has 0 aliphatic carbocycles. The summed E-state index contributed by atoms with van der Waals surface area (Å²) in [6, 6.07) is 1.86. The lowest BCUT2D eigenvalue weighted by Crippen LogP contribution is -2.40. The van der Waals surface area contributed by atoms with Crippen LogP contribution in [0.2, 0.25) is 0 Å². The fourth-order valence-corrected chi connectivity index (χ4v) is 3.54. The number of hydrogen-bond acceptors (Lipinski definition) is 4. The van der Waals surface area contributed by atoms with Gasteiger partial charge < -0.3 is 9.80 Å². The topological polar surface area (TPSA) is 23.6 Å². The molecule has 1 aliphatic heterocycles. The Balaban J connectivity index is 1.88. The molecule has 2 rings (SSSR count). The van der Waals surface area contributed by atoms with Gasteiger partial charge >= 0.3 is 0 Å². The maximum absolute atomic E-state index is 12.2. The summed E-state index contributed by atoms with van der Waals surface area (Å²) in [6.07, 6.45) is 2.23. The van der Waals surface area contributed by atoms with E-state index in [0.29, 0.717) is 0 Å². The predicted molar refractivity (Wildman–Crippen MR) is 78.8 cm³/mol. The fraction of sp³-hybridized carbons (Fsp3) is 0.615. The molecule has 1 aromatic heterocycles. The van der Waals surface area contributed by atoms with Crippen LogP contribution in [-0.4, -0.2) is 49.4 Å². The Bertz CT molecular complexity index is 409. The molecule has 1 saturated heterocycles. The Morgan fingerprint density at radius 3 is 2.67 bits per heavy atom. The molecule has 0 bridgehead atoms. The first-order valence-electron chi connectivity index (χ1n) is 6.28. The van der Waals surface area contributed by atoms with E-state index >= 15 is 0 Å². The lowest BCUT2D eigenvalue weighted by atomic mass is 9.96. The zero-order valence-electron chi connectivity index (χ0n) is 10.9. The van der Waals surface area contributed by atoms with Crippen molar-refractivity contribution in [1.82, 2.24) is 9.80 Å². The van der Waals surface area contributed by atoms with Crippen LogP contribution in [-0.2, 0) is 0 Å². The van der Waals surface area contributed by atoms with Crippen molar-refractivity contribution in [3.05, 3.63) is 16.3 Å². The summed E-state index contributed by atoms with van der Waals surface area (Å²) < 4.78 is 0. The molecular formula is C13H20N2OS2. The summed E-state index contributed by atoms with van der Waals surface area (Å²) in [5.41, 5.74) is 0. The van der Waals surface area contributed by atoms with Crippen molar-refractivity contribution in [3.63, 3.8) is 0 Å². The Morgan fingerprint density at radius 1 is 1.50 bits per heavy atom. The van der Waals surface area contributed by atoms with Gasteiger partial charge in [0.05, 0.1) is 4.88 Å². The third kappa shape index (κ3) is 3.49. The van der Waals surface area contributed by atoms with E-state index in [4.69, 9.17) is 0 Å². The molecule has 1 aromatic rings. The van der Waals surface area contributed by atoms with Gasteiger partial charge in [0, 0.05) is 29.9 Å². The summed E-state index contributed by atoms with van der Waals surface area (Å²) in [5.74, 6) is 0.899. The van der Waals surface area contributed by atoms with Gasteiger partial charge in [-0.3, -0.25) is 4.79 Å². The molecule has 100 valence electrons. The molecule has 5 heteroatoms. The molecular weight excluding hydrogens is 264 g/mol. The Labute approximate surface area is 118 Å². The van der Waals surface area contributed by atoms with E-state index in [2.05, 4.69) is 31.6 Å². The first kappa shape index (κ1) is 13.9. The summed E-state index contributed by atoms with van der Waals surface area (Å²) in [6.45, 7) is 2.90. The number of carbonyl (C=O) groups excluding carboxylic acids is 1. The predicted octanol–water partition coefficient (Wildman–Crippen LogP) is 2.45. The highest BCUT2D eigenvalue weighted by Crippen LogP contribution is 2.23. The molecule has 1 aliphatic rings. The molecule has 1 amide bonds. The fourth-order valence-electron chi connectivity index (χ4n) is 2.43. The van der Waals surface area contributed by atoms with Crippen LogP contribution in [0.25, 0.3) is 0 Å². The Morgan fingerprint density at radius 2 is 2.17 bits per heavy atom. The number of rotatable bonds is 3. The van der Waals surface area contributed by atoms with Gasteiger partial charge in [-0.15, -0.1) is 24.0 Å². The van der Waals surface area contributed by atoms with Gasteiger partial charge in [0.15, 0.2) is 0 Å². The maximum atomic E-state index is 12.2. The molecule has 0 N–H and O–H groups in total. The maximum Gasteiger partial charge on any atom is 0.263 e. The largest absolute Gasteiger partial charge is 0.338 e. The highest BCUT2D eigenvalue weighted by molar-refractivity contribution is 7.80. The van der Waals surface area contributed by atoms with Crippen LogP contribution < -0.4 is 0 Å². The van der Waals surface area contributed by atoms with E-state index in [9.17, 15) is 4.79 Å². The van der Waals surface area contributed by atoms with Gasteiger partial charge in [-0.25, -0.2) is 0 Å². The quantitative estimate of drug-likeness (QED) is 0.862. The number of thiol groups is 1. The van der Waals surface area contributed by atoms with Crippen molar-refractivity contribution < 1.29 is 4.79 Å². The standard InChI is InChI=1S/C13H20N2OS2/c1-14(2)8-10-3-5-15(6-4-10)13(16)12-7-11(17)9-18-12/h7,9-10,17H,3-6,8H2,1-2H3. The zero-order chi connectivity index (χ0) is 13.1. The second-order valence-corrected chi connectivity index (χ2v) is 6.59. The summed E-state index contributed by atoms with van der Waals surface area (Å²) in [4.78, 5) is 18.1. The van der Waals surface area contributed by atoms with Crippen molar-refractivity contribution in [3.8, 4) is 0 Å². The van der Waals surface area contributed by atoms with Gasteiger partial charge in [-0.05, 0) is 38.9 Å². The molecule has 0 atom stereocenters. The average molecular weight is 284 g/mol. The molecule has 18 heavy (non-hydrogen) atoms. The number of thiophene rings is 1. The van der Waals surface area contributed by atoms with E-state index in [0.717, 1.165) is 48.2 Å².